The van der Waals surface area contributed by atoms with Crippen molar-refractivity contribution >= 4 is 43.0 Å². The summed E-state index contributed by atoms with van der Waals surface area (Å²) in [6, 6.07) is 26.1. The number of anilines is 1. The predicted molar refractivity (Wildman–Crippen MR) is 113 cm³/mol. The molecule has 0 radical (unpaired) electrons. The summed E-state index contributed by atoms with van der Waals surface area (Å²) >= 11 is 0. The van der Waals surface area contributed by atoms with E-state index in [-0.39, 0.29) is 23.0 Å². The number of hydrogen-bond donors (Lipinski definition) is 1. The second-order valence-corrected chi connectivity index (χ2v) is 8.80. The van der Waals surface area contributed by atoms with E-state index < -0.39 is 9.84 Å². The molecule has 4 aromatic rings. The number of sulfone groups is 1. The molecule has 0 bridgehead atoms. The molecule has 0 aliphatic rings. The first kappa shape index (κ1) is 18.2. The maximum atomic E-state index is 12.6. The molecule has 1 amide bonds. The summed E-state index contributed by atoms with van der Waals surface area (Å²) in [4.78, 5) is 12.5. The fourth-order valence-corrected chi connectivity index (χ4v) is 4.47. The first-order valence-electron chi connectivity index (χ1n) is 9.01. The maximum absolute atomic E-state index is 12.6. The number of fused-ring (bicyclic) bond motifs is 2. The van der Waals surface area contributed by atoms with Gasteiger partial charge >= 0.3 is 0 Å². The van der Waals surface area contributed by atoms with E-state index in [1.807, 2.05) is 66.7 Å². The van der Waals surface area contributed by atoms with Crippen molar-refractivity contribution in [1.82, 2.24) is 0 Å². The molecule has 0 heterocycles. The van der Waals surface area contributed by atoms with Gasteiger partial charge in [0.05, 0.1) is 10.6 Å². The topological polar surface area (TPSA) is 63.2 Å². The standard InChI is InChI=1S/C23H19NO3S/c25-23(24-21-11-9-17-5-1-3-7-19(17)15-21)13-14-28(26,27)22-12-10-18-6-2-4-8-20(18)16-22/h1-12,15-16H,13-14H2,(H,24,25). The highest BCUT2D eigenvalue weighted by atomic mass is 32.2. The third-order valence-electron chi connectivity index (χ3n) is 4.71. The van der Waals surface area contributed by atoms with Crippen LogP contribution < -0.4 is 5.32 Å². The maximum Gasteiger partial charge on any atom is 0.225 e. The Bertz CT molecular complexity index is 1280. The Morgan fingerprint density at radius 1 is 0.714 bits per heavy atom. The van der Waals surface area contributed by atoms with Gasteiger partial charge in [0.15, 0.2) is 9.84 Å². The van der Waals surface area contributed by atoms with Crippen molar-refractivity contribution in [2.75, 3.05) is 11.1 Å². The Labute approximate surface area is 163 Å². The lowest BCUT2D eigenvalue weighted by molar-refractivity contribution is -0.115. The Kier molecular flexibility index (Phi) is 4.84. The highest BCUT2D eigenvalue weighted by Gasteiger charge is 2.17. The minimum atomic E-state index is -3.53. The molecule has 0 aromatic heterocycles. The van der Waals surface area contributed by atoms with Crippen LogP contribution in [0.1, 0.15) is 6.42 Å². The monoisotopic (exact) mass is 389 g/mol. The highest BCUT2D eigenvalue weighted by Crippen LogP contribution is 2.21. The molecule has 0 atom stereocenters. The normalized spacial score (nSPS) is 11.6. The van der Waals surface area contributed by atoms with E-state index in [0.717, 1.165) is 21.5 Å². The smallest absolute Gasteiger partial charge is 0.225 e. The molecule has 0 unspecified atom stereocenters. The lowest BCUT2D eigenvalue weighted by Crippen LogP contribution is -2.17. The van der Waals surface area contributed by atoms with Crippen molar-refractivity contribution in [3.63, 3.8) is 0 Å². The Morgan fingerprint density at radius 3 is 1.96 bits per heavy atom. The fourth-order valence-electron chi connectivity index (χ4n) is 3.20. The van der Waals surface area contributed by atoms with Gasteiger partial charge in [-0.3, -0.25) is 4.79 Å². The second-order valence-electron chi connectivity index (χ2n) is 6.69. The van der Waals surface area contributed by atoms with Gasteiger partial charge in [0.2, 0.25) is 5.91 Å². The van der Waals surface area contributed by atoms with Crippen molar-refractivity contribution in [2.24, 2.45) is 0 Å². The second kappa shape index (κ2) is 7.44. The van der Waals surface area contributed by atoms with Gasteiger partial charge in [0, 0.05) is 12.1 Å². The molecule has 4 aromatic carbocycles. The zero-order valence-electron chi connectivity index (χ0n) is 15.1. The van der Waals surface area contributed by atoms with Crippen LogP contribution in [-0.4, -0.2) is 20.1 Å². The Balaban J connectivity index is 1.45. The lowest BCUT2D eigenvalue weighted by atomic mass is 10.1. The zero-order chi connectivity index (χ0) is 19.6. The molecule has 0 spiro atoms. The van der Waals surface area contributed by atoms with Gasteiger partial charge in [-0.2, -0.15) is 0 Å². The molecule has 4 nitrogen and oxygen atoms in total. The summed E-state index contributed by atoms with van der Waals surface area (Å²) in [6.07, 6.45) is -0.0953. The number of carbonyl (C=O) groups excluding carboxylic acids is 1. The molecule has 0 saturated heterocycles. The third-order valence-corrected chi connectivity index (χ3v) is 6.42. The van der Waals surface area contributed by atoms with Gasteiger partial charge in [-0.15, -0.1) is 0 Å². The molecular formula is C23H19NO3S. The first-order chi connectivity index (χ1) is 13.5. The molecule has 140 valence electrons. The van der Waals surface area contributed by atoms with Crippen LogP contribution in [-0.2, 0) is 14.6 Å². The Morgan fingerprint density at radius 2 is 1.29 bits per heavy atom. The predicted octanol–water partition coefficient (Wildman–Crippen LogP) is 4.80. The quantitative estimate of drug-likeness (QED) is 0.533. The van der Waals surface area contributed by atoms with Crippen LogP contribution in [0.2, 0.25) is 0 Å². The van der Waals surface area contributed by atoms with Crippen LogP contribution in [0.3, 0.4) is 0 Å². The summed E-state index contributed by atoms with van der Waals surface area (Å²) in [5.74, 6) is -0.551. The number of hydrogen-bond acceptors (Lipinski definition) is 3. The van der Waals surface area contributed by atoms with E-state index in [1.54, 1.807) is 18.2 Å². The van der Waals surface area contributed by atoms with Gasteiger partial charge < -0.3 is 5.32 Å². The molecule has 0 saturated carbocycles. The van der Waals surface area contributed by atoms with Crippen LogP contribution in [0.4, 0.5) is 5.69 Å². The summed E-state index contributed by atoms with van der Waals surface area (Å²) in [6.45, 7) is 0. The number of amides is 1. The van der Waals surface area contributed by atoms with Gasteiger partial charge in [0.1, 0.15) is 0 Å². The van der Waals surface area contributed by atoms with Gasteiger partial charge in [0.25, 0.3) is 0 Å². The molecular weight excluding hydrogens is 370 g/mol. The van der Waals surface area contributed by atoms with Crippen molar-refractivity contribution in [3.8, 4) is 0 Å². The Hall–Kier alpha value is -3.18. The van der Waals surface area contributed by atoms with Crippen molar-refractivity contribution in [1.29, 1.82) is 0 Å². The van der Waals surface area contributed by atoms with E-state index in [2.05, 4.69) is 5.32 Å². The number of rotatable bonds is 5. The summed E-state index contributed by atoms with van der Waals surface area (Å²) in [7, 11) is -3.53. The van der Waals surface area contributed by atoms with E-state index in [1.165, 1.54) is 0 Å². The molecule has 1 N–H and O–H groups in total. The van der Waals surface area contributed by atoms with Crippen molar-refractivity contribution < 1.29 is 13.2 Å². The number of nitrogens with one attached hydrogen (secondary N) is 1. The van der Waals surface area contributed by atoms with E-state index in [4.69, 9.17) is 0 Å². The molecule has 0 aliphatic heterocycles. The van der Waals surface area contributed by atoms with E-state index in [9.17, 15) is 13.2 Å². The van der Waals surface area contributed by atoms with Crippen molar-refractivity contribution in [3.05, 3.63) is 84.9 Å². The largest absolute Gasteiger partial charge is 0.326 e. The minimum absolute atomic E-state index is 0.0953. The molecule has 28 heavy (non-hydrogen) atoms. The molecule has 4 rings (SSSR count). The van der Waals surface area contributed by atoms with Crippen LogP contribution in [0.25, 0.3) is 21.5 Å². The number of carbonyl (C=O) groups is 1. The van der Waals surface area contributed by atoms with Crippen LogP contribution in [0.15, 0.2) is 89.8 Å². The SMILES string of the molecule is O=C(CCS(=O)(=O)c1ccc2ccccc2c1)Nc1ccc2ccccc2c1. The van der Waals surface area contributed by atoms with E-state index >= 15 is 0 Å². The van der Waals surface area contributed by atoms with Crippen LogP contribution in [0.5, 0.6) is 0 Å². The lowest BCUT2D eigenvalue weighted by Gasteiger charge is -2.08. The van der Waals surface area contributed by atoms with Crippen LogP contribution in [0, 0.1) is 0 Å². The average molecular weight is 389 g/mol. The van der Waals surface area contributed by atoms with Crippen molar-refractivity contribution in [2.45, 2.75) is 11.3 Å². The van der Waals surface area contributed by atoms with E-state index in [0.29, 0.717) is 5.69 Å². The number of benzene rings is 4. The summed E-state index contributed by atoms with van der Waals surface area (Å²) < 4.78 is 25.3. The minimum Gasteiger partial charge on any atom is -0.326 e. The van der Waals surface area contributed by atoms with Gasteiger partial charge in [-0.25, -0.2) is 8.42 Å². The fraction of sp³-hybridized carbons (Fsp3) is 0.0870. The summed E-state index contributed by atoms with van der Waals surface area (Å²) in [5, 5.41) is 6.73. The molecule has 0 aliphatic carbocycles. The zero-order valence-corrected chi connectivity index (χ0v) is 15.9. The average Bonchev–Trinajstić information content (AvgIpc) is 2.72. The summed E-state index contributed by atoms with van der Waals surface area (Å²) in [5.41, 5.74) is 0.659. The first-order valence-corrected chi connectivity index (χ1v) is 10.7. The highest BCUT2D eigenvalue weighted by molar-refractivity contribution is 7.91. The third kappa shape index (κ3) is 3.89. The van der Waals surface area contributed by atoms with Gasteiger partial charge in [-0.05, 0) is 45.8 Å². The van der Waals surface area contributed by atoms with Crippen LogP contribution >= 0.6 is 0 Å². The molecule has 0 fully saturated rings. The molecule has 5 heteroatoms. The van der Waals surface area contributed by atoms with Gasteiger partial charge in [-0.1, -0.05) is 60.7 Å².